The highest BCUT2D eigenvalue weighted by Crippen LogP contribution is 2.28. The molecule has 0 saturated heterocycles. The molecule has 0 fully saturated rings. The fourth-order valence-electron chi connectivity index (χ4n) is 1.80. The molecule has 18 heavy (non-hydrogen) atoms. The van der Waals surface area contributed by atoms with Crippen molar-refractivity contribution in [2.45, 2.75) is 13.8 Å². The maximum absolute atomic E-state index is 9.04. The first-order valence-corrected chi connectivity index (χ1v) is 5.92. The zero-order chi connectivity index (χ0) is 13.1. The Morgan fingerprint density at radius 2 is 1.72 bits per heavy atom. The van der Waals surface area contributed by atoms with Gasteiger partial charge in [-0.05, 0) is 55.3 Å². The third kappa shape index (κ3) is 2.82. The van der Waals surface area contributed by atoms with Crippen molar-refractivity contribution in [3.63, 3.8) is 0 Å². The Balaban J connectivity index is 2.37. The van der Waals surface area contributed by atoms with Gasteiger partial charge >= 0.3 is 0 Å². The van der Waals surface area contributed by atoms with E-state index >= 15 is 0 Å². The lowest BCUT2D eigenvalue weighted by Crippen LogP contribution is -1.89. The third-order valence-electron chi connectivity index (χ3n) is 2.49. The van der Waals surface area contributed by atoms with E-state index in [9.17, 15) is 0 Å². The van der Waals surface area contributed by atoms with Crippen LogP contribution >= 0.6 is 11.6 Å². The molecular weight excluding hydrogens is 246 g/mol. The minimum Gasteiger partial charge on any atom is -0.456 e. The highest BCUT2D eigenvalue weighted by Gasteiger charge is 2.06. The van der Waals surface area contributed by atoms with E-state index in [1.807, 2.05) is 26.0 Å². The summed E-state index contributed by atoms with van der Waals surface area (Å²) in [5.41, 5.74) is 2.68. The quantitative estimate of drug-likeness (QED) is 0.786. The maximum atomic E-state index is 9.04. The number of hydrogen-bond donors (Lipinski definition) is 0. The molecule has 0 saturated carbocycles. The van der Waals surface area contributed by atoms with Crippen LogP contribution in [0.5, 0.6) is 11.5 Å². The maximum Gasteiger partial charge on any atom is 0.145 e. The van der Waals surface area contributed by atoms with E-state index in [0.29, 0.717) is 16.3 Å². The Hall–Kier alpha value is -1.98. The van der Waals surface area contributed by atoms with Gasteiger partial charge in [0.25, 0.3) is 0 Å². The molecule has 0 amide bonds. The average Bonchev–Trinajstić information content (AvgIpc) is 2.30. The molecular formula is C15H12ClNO. The van der Waals surface area contributed by atoms with Gasteiger partial charge in [0, 0.05) is 5.02 Å². The molecule has 2 rings (SSSR count). The van der Waals surface area contributed by atoms with E-state index in [1.165, 1.54) is 0 Å². The summed E-state index contributed by atoms with van der Waals surface area (Å²) in [5, 5.41) is 9.57. The number of rotatable bonds is 2. The SMILES string of the molecule is Cc1cc(C)cc(Oc2ccc(Cl)cc2C#N)c1. The van der Waals surface area contributed by atoms with E-state index < -0.39 is 0 Å². The lowest BCUT2D eigenvalue weighted by molar-refractivity contribution is 0.480. The fraction of sp³-hybridized carbons (Fsp3) is 0.133. The van der Waals surface area contributed by atoms with Crippen molar-refractivity contribution in [1.82, 2.24) is 0 Å². The Kier molecular flexibility index (Phi) is 3.55. The molecule has 0 aliphatic carbocycles. The third-order valence-corrected chi connectivity index (χ3v) is 2.72. The molecule has 0 aromatic heterocycles. The monoisotopic (exact) mass is 257 g/mol. The second-order valence-electron chi connectivity index (χ2n) is 4.18. The molecule has 2 aromatic rings. The van der Waals surface area contributed by atoms with Crippen LogP contribution in [-0.2, 0) is 0 Å². The smallest absolute Gasteiger partial charge is 0.145 e. The molecule has 0 N–H and O–H groups in total. The van der Waals surface area contributed by atoms with Crippen molar-refractivity contribution in [2.75, 3.05) is 0 Å². The van der Waals surface area contributed by atoms with Crippen molar-refractivity contribution in [2.24, 2.45) is 0 Å². The van der Waals surface area contributed by atoms with Gasteiger partial charge in [-0.1, -0.05) is 17.7 Å². The van der Waals surface area contributed by atoms with Crippen LogP contribution in [0.25, 0.3) is 0 Å². The molecule has 0 aliphatic heterocycles. The molecule has 0 aliphatic rings. The molecule has 0 spiro atoms. The predicted octanol–water partition coefficient (Wildman–Crippen LogP) is 4.62. The largest absolute Gasteiger partial charge is 0.456 e. The Bertz CT molecular complexity index is 609. The zero-order valence-corrected chi connectivity index (χ0v) is 11.0. The minimum atomic E-state index is 0.432. The Morgan fingerprint density at radius 1 is 1.06 bits per heavy atom. The summed E-state index contributed by atoms with van der Waals surface area (Å²) >= 11 is 5.84. The molecule has 2 aromatic carbocycles. The van der Waals surface area contributed by atoms with E-state index in [-0.39, 0.29) is 0 Å². The van der Waals surface area contributed by atoms with Gasteiger partial charge in [-0.15, -0.1) is 0 Å². The van der Waals surface area contributed by atoms with Crippen molar-refractivity contribution >= 4 is 11.6 Å². The first kappa shape index (κ1) is 12.5. The summed E-state index contributed by atoms with van der Waals surface area (Å²) in [4.78, 5) is 0. The van der Waals surface area contributed by atoms with Crippen molar-refractivity contribution in [3.05, 3.63) is 58.1 Å². The summed E-state index contributed by atoms with van der Waals surface area (Å²) < 4.78 is 5.74. The highest BCUT2D eigenvalue weighted by atomic mass is 35.5. The molecule has 2 nitrogen and oxygen atoms in total. The van der Waals surface area contributed by atoms with Crippen molar-refractivity contribution in [3.8, 4) is 17.6 Å². The topological polar surface area (TPSA) is 33.0 Å². The average molecular weight is 258 g/mol. The summed E-state index contributed by atoms with van der Waals surface area (Å²) in [5.74, 6) is 1.25. The standard InChI is InChI=1S/C15H12ClNO/c1-10-5-11(2)7-14(6-10)18-15-4-3-13(16)8-12(15)9-17/h3-8H,1-2H3. The fourth-order valence-corrected chi connectivity index (χ4v) is 1.97. The first-order valence-electron chi connectivity index (χ1n) is 5.54. The van der Waals surface area contributed by atoms with Crippen LogP contribution in [0.15, 0.2) is 36.4 Å². The second kappa shape index (κ2) is 5.12. The van der Waals surface area contributed by atoms with E-state index in [1.54, 1.807) is 18.2 Å². The van der Waals surface area contributed by atoms with Gasteiger partial charge in [0.1, 0.15) is 17.6 Å². The van der Waals surface area contributed by atoms with Crippen LogP contribution in [0.3, 0.4) is 0 Å². The molecule has 0 unspecified atom stereocenters. The number of hydrogen-bond acceptors (Lipinski definition) is 2. The van der Waals surface area contributed by atoms with Crippen LogP contribution in [0, 0.1) is 25.2 Å². The van der Waals surface area contributed by atoms with Crippen LogP contribution in [0.2, 0.25) is 5.02 Å². The number of ether oxygens (including phenoxy) is 1. The molecule has 90 valence electrons. The summed E-state index contributed by atoms with van der Waals surface area (Å²) in [6, 6.07) is 13.0. The second-order valence-corrected chi connectivity index (χ2v) is 4.61. The summed E-state index contributed by atoms with van der Waals surface area (Å²) in [6.07, 6.45) is 0. The summed E-state index contributed by atoms with van der Waals surface area (Å²) in [6.45, 7) is 4.01. The number of nitriles is 1. The number of halogens is 1. The van der Waals surface area contributed by atoms with Crippen LogP contribution in [0.1, 0.15) is 16.7 Å². The van der Waals surface area contributed by atoms with E-state index in [2.05, 4.69) is 12.1 Å². The normalized spacial score (nSPS) is 9.89. The molecule has 0 atom stereocenters. The van der Waals surface area contributed by atoms with Crippen molar-refractivity contribution in [1.29, 1.82) is 5.26 Å². The van der Waals surface area contributed by atoms with Crippen LogP contribution < -0.4 is 4.74 Å². The van der Waals surface area contributed by atoms with Gasteiger partial charge in [0.2, 0.25) is 0 Å². The van der Waals surface area contributed by atoms with Crippen LogP contribution in [-0.4, -0.2) is 0 Å². The van der Waals surface area contributed by atoms with E-state index in [0.717, 1.165) is 16.9 Å². The predicted molar refractivity (Wildman–Crippen MR) is 72.2 cm³/mol. The van der Waals surface area contributed by atoms with Gasteiger partial charge in [0.15, 0.2) is 0 Å². The lowest BCUT2D eigenvalue weighted by atomic mass is 10.1. The molecule has 0 radical (unpaired) electrons. The number of aryl methyl sites for hydroxylation is 2. The van der Waals surface area contributed by atoms with E-state index in [4.69, 9.17) is 21.6 Å². The van der Waals surface area contributed by atoms with Gasteiger partial charge in [-0.2, -0.15) is 5.26 Å². The molecule has 0 heterocycles. The van der Waals surface area contributed by atoms with Gasteiger partial charge < -0.3 is 4.74 Å². The first-order chi connectivity index (χ1) is 8.58. The van der Waals surface area contributed by atoms with Gasteiger partial charge in [0.05, 0.1) is 5.56 Å². The Morgan fingerprint density at radius 3 is 2.33 bits per heavy atom. The van der Waals surface area contributed by atoms with Gasteiger partial charge in [-0.3, -0.25) is 0 Å². The van der Waals surface area contributed by atoms with Gasteiger partial charge in [-0.25, -0.2) is 0 Å². The molecule has 0 bridgehead atoms. The number of nitrogens with zero attached hydrogens (tertiary/aromatic N) is 1. The highest BCUT2D eigenvalue weighted by molar-refractivity contribution is 6.30. The number of benzene rings is 2. The Labute approximate surface area is 111 Å². The minimum absolute atomic E-state index is 0.432. The van der Waals surface area contributed by atoms with Crippen molar-refractivity contribution < 1.29 is 4.74 Å². The molecule has 3 heteroatoms. The summed E-state index contributed by atoms with van der Waals surface area (Å²) in [7, 11) is 0. The lowest BCUT2D eigenvalue weighted by Gasteiger charge is -2.09. The zero-order valence-electron chi connectivity index (χ0n) is 10.2. The van der Waals surface area contributed by atoms with Crippen LogP contribution in [0.4, 0.5) is 0 Å².